The van der Waals surface area contributed by atoms with Crippen molar-refractivity contribution < 1.29 is 19.8 Å². The third-order valence-corrected chi connectivity index (χ3v) is 3.61. The van der Waals surface area contributed by atoms with Crippen LogP contribution in [0.15, 0.2) is 0 Å². The van der Waals surface area contributed by atoms with Crippen molar-refractivity contribution in [2.45, 2.75) is 33.1 Å². The molecule has 3 atom stereocenters. The number of aliphatic carboxylic acids is 1. The summed E-state index contributed by atoms with van der Waals surface area (Å²) < 4.78 is 0. The van der Waals surface area contributed by atoms with Crippen LogP contribution in [0.5, 0.6) is 0 Å². The Hall–Kier alpha value is -1.10. The van der Waals surface area contributed by atoms with Crippen LogP contribution in [0.3, 0.4) is 0 Å². The van der Waals surface area contributed by atoms with E-state index in [0.717, 1.165) is 6.42 Å². The number of carbonyl (C=O) groups excluding carboxylic acids is 1. The van der Waals surface area contributed by atoms with Crippen LogP contribution < -0.4 is 0 Å². The van der Waals surface area contributed by atoms with Crippen LogP contribution in [0.4, 0.5) is 0 Å². The number of carboxylic acid groups (broad SMARTS) is 1. The van der Waals surface area contributed by atoms with E-state index in [1.54, 1.807) is 4.90 Å². The summed E-state index contributed by atoms with van der Waals surface area (Å²) in [6.07, 6.45) is 2.03. The van der Waals surface area contributed by atoms with Crippen LogP contribution in [0.1, 0.15) is 33.1 Å². The van der Waals surface area contributed by atoms with E-state index in [-0.39, 0.29) is 18.4 Å². The largest absolute Gasteiger partial charge is 0.481 e. The second-order valence-electron chi connectivity index (χ2n) is 5.18. The molecule has 18 heavy (non-hydrogen) atoms. The van der Waals surface area contributed by atoms with Gasteiger partial charge in [0.25, 0.3) is 0 Å². The topological polar surface area (TPSA) is 77.8 Å². The summed E-state index contributed by atoms with van der Waals surface area (Å²) in [4.78, 5) is 25.1. The van der Waals surface area contributed by atoms with E-state index in [0.29, 0.717) is 25.9 Å². The quantitative estimate of drug-likeness (QED) is 0.743. The highest BCUT2D eigenvalue weighted by Crippen LogP contribution is 2.37. The van der Waals surface area contributed by atoms with Gasteiger partial charge < -0.3 is 15.1 Å². The molecule has 5 heteroatoms. The molecule has 1 aliphatic rings. The first-order chi connectivity index (χ1) is 8.51. The molecule has 1 amide bonds. The second-order valence-corrected chi connectivity index (χ2v) is 5.18. The van der Waals surface area contributed by atoms with Crippen LogP contribution in [0.25, 0.3) is 0 Å². The minimum absolute atomic E-state index is 0.0776. The van der Waals surface area contributed by atoms with E-state index in [2.05, 4.69) is 0 Å². The van der Waals surface area contributed by atoms with Gasteiger partial charge in [0, 0.05) is 13.1 Å². The van der Waals surface area contributed by atoms with Crippen molar-refractivity contribution in [3.8, 4) is 0 Å². The molecule has 5 nitrogen and oxygen atoms in total. The van der Waals surface area contributed by atoms with Gasteiger partial charge in [0.15, 0.2) is 0 Å². The second kappa shape index (κ2) is 6.73. The average Bonchev–Trinajstić information content (AvgIpc) is 2.70. The summed E-state index contributed by atoms with van der Waals surface area (Å²) in [6.45, 7) is 4.75. The van der Waals surface area contributed by atoms with Crippen LogP contribution >= 0.6 is 0 Å². The van der Waals surface area contributed by atoms with Crippen LogP contribution in [0, 0.1) is 17.8 Å². The summed E-state index contributed by atoms with van der Waals surface area (Å²) in [5.41, 5.74) is 0. The van der Waals surface area contributed by atoms with Crippen LogP contribution in [-0.2, 0) is 9.59 Å². The van der Waals surface area contributed by atoms with Crippen molar-refractivity contribution in [2.24, 2.45) is 17.8 Å². The number of aliphatic hydroxyl groups is 1. The van der Waals surface area contributed by atoms with Crippen LogP contribution in [0.2, 0.25) is 0 Å². The third-order valence-electron chi connectivity index (χ3n) is 3.61. The molecule has 2 N–H and O–H groups in total. The minimum Gasteiger partial charge on any atom is -0.481 e. The van der Waals surface area contributed by atoms with Gasteiger partial charge >= 0.3 is 5.97 Å². The maximum absolute atomic E-state index is 12.3. The smallest absolute Gasteiger partial charge is 0.307 e. The first-order valence-electron chi connectivity index (χ1n) is 6.63. The summed E-state index contributed by atoms with van der Waals surface area (Å²) in [7, 11) is 0. The maximum Gasteiger partial charge on any atom is 0.307 e. The number of hydrogen-bond acceptors (Lipinski definition) is 3. The molecule has 0 radical (unpaired) electrons. The van der Waals surface area contributed by atoms with Crippen molar-refractivity contribution in [1.29, 1.82) is 0 Å². The minimum atomic E-state index is -0.877. The number of rotatable bonds is 6. The Kier molecular flexibility index (Phi) is 5.59. The Morgan fingerprint density at radius 1 is 1.22 bits per heavy atom. The molecule has 1 unspecified atom stereocenters. The molecule has 104 valence electrons. The molecule has 1 saturated carbocycles. The summed E-state index contributed by atoms with van der Waals surface area (Å²) in [5.74, 6) is -1.69. The molecule has 1 fully saturated rings. The number of aliphatic hydroxyl groups excluding tert-OH is 1. The number of hydrogen-bond donors (Lipinski definition) is 2. The Labute approximate surface area is 108 Å². The maximum atomic E-state index is 12.3. The zero-order valence-electron chi connectivity index (χ0n) is 11.1. The summed E-state index contributed by atoms with van der Waals surface area (Å²) >= 11 is 0. The van der Waals surface area contributed by atoms with Gasteiger partial charge in [-0.25, -0.2) is 0 Å². The Morgan fingerprint density at radius 3 is 2.33 bits per heavy atom. The number of carboxylic acids is 1. The molecule has 0 aliphatic heterocycles. The van der Waals surface area contributed by atoms with Gasteiger partial charge in [0.1, 0.15) is 0 Å². The van der Waals surface area contributed by atoms with Crippen molar-refractivity contribution in [2.75, 3.05) is 19.7 Å². The molecule has 0 aromatic heterocycles. The van der Waals surface area contributed by atoms with E-state index in [4.69, 9.17) is 5.11 Å². The van der Waals surface area contributed by atoms with Gasteiger partial charge in [-0.15, -0.1) is 0 Å². The van der Waals surface area contributed by atoms with Crippen molar-refractivity contribution in [1.82, 2.24) is 4.90 Å². The van der Waals surface area contributed by atoms with E-state index in [9.17, 15) is 14.7 Å². The van der Waals surface area contributed by atoms with E-state index in [1.807, 2.05) is 13.8 Å². The van der Waals surface area contributed by atoms with Gasteiger partial charge in [0.2, 0.25) is 5.91 Å². The van der Waals surface area contributed by atoms with Gasteiger partial charge in [-0.1, -0.05) is 13.8 Å². The SMILES string of the molecule is CCCN(CCO)C(=O)[C@H]1CC(C)C[C@H]1C(=O)O. The summed E-state index contributed by atoms with van der Waals surface area (Å²) in [6, 6.07) is 0. The average molecular weight is 257 g/mol. The molecule has 0 saturated heterocycles. The fourth-order valence-corrected chi connectivity index (χ4v) is 2.79. The Morgan fingerprint density at radius 2 is 1.83 bits per heavy atom. The predicted octanol–water partition coefficient (Wildman–Crippen LogP) is 0.964. The standard InChI is InChI=1S/C13H23NO4/c1-3-4-14(5-6-15)12(16)10-7-9(2)8-11(10)13(17)18/h9-11,15H,3-8H2,1-2H3,(H,17,18)/t9?,10-,11+/m0/s1. The molecule has 0 spiro atoms. The fourth-order valence-electron chi connectivity index (χ4n) is 2.79. The zero-order valence-corrected chi connectivity index (χ0v) is 11.1. The van der Waals surface area contributed by atoms with Gasteiger partial charge in [0.05, 0.1) is 18.4 Å². The van der Waals surface area contributed by atoms with E-state index >= 15 is 0 Å². The first-order valence-corrected chi connectivity index (χ1v) is 6.63. The highest BCUT2D eigenvalue weighted by atomic mass is 16.4. The highest BCUT2D eigenvalue weighted by molar-refractivity contribution is 5.85. The number of amides is 1. The lowest BCUT2D eigenvalue weighted by atomic mass is 9.94. The highest BCUT2D eigenvalue weighted by Gasteiger charge is 2.42. The zero-order chi connectivity index (χ0) is 13.7. The van der Waals surface area contributed by atoms with Gasteiger partial charge in [-0.05, 0) is 25.2 Å². The monoisotopic (exact) mass is 257 g/mol. The Bertz CT molecular complexity index is 299. The molecular weight excluding hydrogens is 234 g/mol. The first kappa shape index (κ1) is 15.0. The summed E-state index contributed by atoms with van der Waals surface area (Å²) in [5, 5.41) is 18.1. The fraction of sp³-hybridized carbons (Fsp3) is 0.846. The molecular formula is C13H23NO4. The molecule has 0 aromatic carbocycles. The number of carbonyl (C=O) groups is 2. The van der Waals surface area contributed by atoms with Crippen molar-refractivity contribution in [3.05, 3.63) is 0 Å². The lowest BCUT2D eigenvalue weighted by Crippen LogP contribution is -2.41. The Balaban J connectivity index is 2.76. The van der Waals surface area contributed by atoms with Crippen LogP contribution in [-0.4, -0.2) is 46.7 Å². The van der Waals surface area contributed by atoms with Gasteiger partial charge in [-0.2, -0.15) is 0 Å². The normalized spacial score (nSPS) is 27.2. The molecule has 0 aromatic rings. The van der Waals surface area contributed by atoms with Gasteiger partial charge in [-0.3, -0.25) is 9.59 Å². The molecule has 0 bridgehead atoms. The molecule has 1 aliphatic carbocycles. The lowest BCUT2D eigenvalue weighted by Gasteiger charge is -2.26. The molecule has 1 rings (SSSR count). The van der Waals surface area contributed by atoms with Crippen molar-refractivity contribution >= 4 is 11.9 Å². The molecule has 0 heterocycles. The third kappa shape index (κ3) is 3.45. The van der Waals surface area contributed by atoms with E-state index < -0.39 is 17.8 Å². The predicted molar refractivity (Wildman–Crippen MR) is 67.0 cm³/mol. The lowest BCUT2D eigenvalue weighted by molar-refractivity contribution is -0.149. The number of nitrogens with zero attached hydrogens (tertiary/aromatic N) is 1. The van der Waals surface area contributed by atoms with E-state index in [1.165, 1.54) is 0 Å². The van der Waals surface area contributed by atoms with Crippen molar-refractivity contribution in [3.63, 3.8) is 0 Å².